The lowest BCUT2D eigenvalue weighted by Gasteiger charge is -2.21. The van der Waals surface area contributed by atoms with Crippen molar-refractivity contribution in [3.63, 3.8) is 0 Å². The molecule has 0 aliphatic heterocycles. The minimum atomic E-state index is -0.590. The molecule has 0 saturated heterocycles. The molecule has 0 radical (unpaired) electrons. The van der Waals surface area contributed by atoms with Crippen LogP contribution >= 0.6 is 0 Å². The van der Waals surface area contributed by atoms with E-state index in [-0.39, 0.29) is 5.91 Å². The van der Waals surface area contributed by atoms with Gasteiger partial charge in [-0.25, -0.2) is 0 Å². The van der Waals surface area contributed by atoms with Crippen LogP contribution in [0, 0.1) is 15.9 Å². The molecule has 1 amide bonds. The van der Waals surface area contributed by atoms with Gasteiger partial charge in [0.1, 0.15) is 0 Å². The summed E-state index contributed by atoms with van der Waals surface area (Å²) >= 11 is 0. The van der Waals surface area contributed by atoms with Gasteiger partial charge in [-0.2, -0.15) is 0 Å². The lowest BCUT2D eigenvalue weighted by molar-refractivity contribution is -0.124. The van der Waals surface area contributed by atoms with Crippen LogP contribution in [-0.4, -0.2) is 13.0 Å². The number of amides is 1. The van der Waals surface area contributed by atoms with Crippen LogP contribution in [0.2, 0.25) is 0 Å². The Morgan fingerprint density at radius 2 is 1.86 bits per heavy atom. The van der Waals surface area contributed by atoms with Crippen LogP contribution in [0.5, 0.6) is 0 Å². The Balaban J connectivity index is 2.17. The van der Waals surface area contributed by atoms with Crippen LogP contribution in [0.25, 0.3) is 18.2 Å². The summed E-state index contributed by atoms with van der Waals surface area (Å²) in [6.45, 7) is 1.97. The van der Waals surface area contributed by atoms with Crippen LogP contribution < -0.4 is 15.8 Å². The quantitative estimate of drug-likeness (QED) is 0.850. The van der Waals surface area contributed by atoms with Crippen molar-refractivity contribution in [2.45, 2.75) is 19.8 Å². The lowest BCUT2D eigenvalue weighted by Crippen LogP contribution is -2.38. The van der Waals surface area contributed by atoms with Gasteiger partial charge in [0.25, 0.3) is 0 Å². The van der Waals surface area contributed by atoms with E-state index in [9.17, 15) is 4.79 Å². The third-order valence-electron chi connectivity index (χ3n) is 4.87. The Bertz CT molecular complexity index is 999. The first kappa shape index (κ1) is 13.3. The van der Waals surface area contributed by atoms with Gasteiger partial charge in [-0.3, -0.25) is 4.79 Å². The molecule has 0 heterocycles. The van der Waals surface area contributed by atoms with Crippen LogP contribution in [0.1, 0.15) is 24.5 Å². The summed E-state index contributed by atoms with van der Waals surface area (Å²) in [6.07, 6.45) is 10.9. The highest BCUT2D eigenvalue weighted by Gasteiger charge is 2.29. The van der Waals surface area contributed by atoms with E-state index in [0.29, 0.717) is 0 Å². The molecule has 22 heavy (non-hydrogen) atoms. The topological polar surface area (TPSA) is 29.1 Å². The molecule has 0 spiro atoms. The van der Waals surface area contributed by atoms with Gasteiger partial charge in [0.15, 0.2) is 0 Å². The molecule has 0 fully saturated rings. The summed E-state index contributed by atoms with van der Waals surface area (Å²) in [5.41, 5.74) is 2.14. The van der Waals surface area contributed by atoms with Gasteiger partial charge >= 0.3 is 0 Å². The summed E-state index contributed by atoms with van der Waals surface area (Å²) in [5.74, 6) is 0.0312. The van der Waals surface area contributed by atoms with Crippen LogP contribution in [-0.2, 0) is 11.2 Å². The first-order valence-corrected chi connectivity index (χ1v) is 7.81. The summed E-state index contributed by atoms with van der Waals surface area (Å²) in [6, 6.07) is 8.75. The van der Waals surface area contributed by atoms with Crippen molar-refractivity contribution < 1.29 is 4.79 Å². The van der Waals surface area contributed by atoms with E-state index < -0.39 is 5.41 Å². The minimum Gasteiger partial charge on any atom is -0.358 e. The van der Waals surface area contributed by atoms with Crippen molar-refractivity contribution >= 4 is 24.1 Å². The number of allylic oxidation sites excluding steroid dienone is 1. The predicted octanol–water partition coefficient (Wildman–Crippen LogP) is 1.70. The summed E-state index contributed by atoms with van der Waals surface area (Å²) in [7, 11) is 1.69. The first-order chi connectivity index (χ1) is 10.6. The van der Waals surface area contributed by atoms with Gasteiger partial charge in [0.2, 0.25) is 5.91 Å². The Kier molecular flexibility index (Phi) is 2.77. The number of rotatable bonds is 1. The number of carbonyl (C=O) groups is 1. The third-order valence-corrected chi connectivity index (χ3v) is 4.87. The largest absolute Gasteiger partial charge is 0.358 e. The van der Waals surface area contributed by atoms with Gasteiger partial charge in [-0.15, -0.1) is 0 Å². The fraction of sp³-hybridized carbons (Fsp3) is 0.250. The molecule has 0 saturated carbocycles. The number of aryl methyl sites for hydroxylation is 1. The van der Waals surface area contributed by atoms with Gasteiger partial charge < -0.3 is 5.32 Å². The zero-order valence-electron chi connectivity index (χ0n) is 12.9. The number of carbonyl (C=O) groups excluding carboxylic acids is 1. The monoisotopic (exact) mass is 289 g/mol. The molecule has 1 atom stereocenters. The molecule has 0 bridgehead atoms. The van der Waals surface area contributed by atoms with Gasteiger partial charge in [0.05, 0.1) is 5.41 Å². The van der Waals surface area contributed by atoms with Crippen LogP contribution in [0.3, 0.4) is 0 Å². The number of hydrogen-bond acceptors (Lipinski definition) is 1. The number of nitrogens with one attached hydrogen (secondary N) is 1. The lowest BCUT2D eigenvalue weighted by atomic mass is 9.84. The molecule has 0 aromatic heterocycles. The molecule has 0 aromatic rings. The molecular weight excluding hydrogens is 270 g/mol. The summed E-state index contributed by atoms with van der Waals surface area (Å²) < 4.78 is 0. The van der Waals surface area contributed by atoms with Crippen molar-refractivity contribution in [1.29, 1.82) is 0 Å². The molecule has 0 unspecified atom stereocenters. The van der Waals surface area contributed by atoms with E-state index in [0.717, 1.165) is 23.3 Å². The van der Waals surface area contributed by atoms with E-state index in [4.69, 9.17) is 0 Å². The average Bonchev–Trinajstić information content (AvgIpc) is 2.88. The maximum absolute atomic E-state index is 12.3. The second-order valence-electron chi connectivity index (χ2n) is 6.40. The minimum absolute atomic E-state index is 0.0312. The van der Waals surface area contributed by atoms with Crippen LogP contribution in [0.4, 0.5) is 0 Å². The Labute approximate surface area is 129 Å². The third kappa shape index (κ3) is 1.77. The number of hydrogen-bond donors (Lipinski definition) is 1. The molecule has 1 N–H and O–H groups in total. The normalized spacial score (nSPS) is 21.7. The molecule has 0 aromatic carbocycles. The maximum Gasteiger partial charge on any atom is 0.233 e. The van der Waals surface area contributed by atoms with Crippen molar-refractivity contribution in [3.8, 4) is 0 Å². The van der Waals surface area contributed by atoms with Crippen LogP contribution in [0.15, 0.2) is 30.3 Å². The molecule has 4 aliphatic carbocycles. The van der Waals surface area contributed by atoms with Crippen molar-refractivity contribution in [2.24, 2.45) is 5.41 Å². The maximum atomic E-state index is 12.3. The standard InChI is InChI=1S/C20H19NO/c1-20(19(22)21-2)11-14-8-7-13-5-3-4-6-16(13)17-10-9-15(12-20)18(14)17/h4,6-12H,3,5H2,1-2H3,(H,21,22)/t20-/m0/s1. The highest BCUT2D eigenvalue weighted by molar-refractivity contribution is 5.95. The SMILES string of the molecule is CNC(=O)[C@@]1(C)C=c2ccc3c(c4ccc(c2=4)=C1)C=CCC3. The molecule has 2 nitrogen and oxygen atoms in total. The summed E-state index contributed by atoms with van der Waals surface area (Å²) in [4.78, 5) is 12.3. The van der Waals surface area contributed by atoms with Gasteiger partial charge in [-0.1, -0.05) is 48.6 Å². The van der Waals surface area contributed by atoms with Crippen molar-refractivity contribution in [3.05, 3.63) is 62.3 Å². The van der Waals surface area contributed by atoms with E-state index >= 15 is 0 Å². The van der Waals surface area contributed by atoms with E-state index in [1.165, 1.54) is 21.6 Å². The Hall–Kier alpha value is -2.35. The fourth-order valence-corrected chi connectivity index (χ4v) is 3.76. The Morgan fingerprint density at radius 3 is 2.59 bits per heavy atom. The number of fused-ring (bicyclic) bond motifs is 2. The first-order valence-electron chi connectivity index (χ1n) is 7.81. The van der Waals surface area contributed by atoms with Crippen molar-refractivity contribution in [1.82, 2.24) is 5.32 Å². The zero-order chi connectivity index (χ0) is 15.3. The molecule has 110 valence electrons. The fourth-order valence-electron chi connectivity index (χ4n) is 3.76. The zero-order valence-corrected chi connectivity index (χ0v) is 12.9. The smallest absolute Gasteiger partial charge is 0.233 e. The molecule has 4 rings (SSSR count). The van der Waals surface area contributed by atoms with E-state index in [1.54, 1.807) is 7.05 Å². The molecule has 2 heteroatoms. The Morgan fingerprint density at radius 1 is 1.14 bits per heavy atom. The van der Waals surface area contributed by atoms with E-state index in [1.807, 2.05) is 6.92 Å². The predicted molar refractivity (Wildman–Crippen MR) is 89.5 cm³/mol. The molecular formula is C20H19NO. The highest BCUT2D eigenvalue weighted by Crippen LogP contribution is 2.24. The summed E-state index contributed by atoms with van der Waals surface area (Å²) in [5, 5.41) is 7.67. The van der Waals surface area contributed by atoms with Gasteiger partial charge in [0, 0.05) is 7.05 Å². The second kappa shape index (κ2) is 4.57. The highest BCUT2D eigenvalue weighted by atomic mass is 16.2. The van der Waals surface area contributed by atoms with Crippen molar-refractivity contribution in [2.75, 3.05) is 7.05 Å². The van der Waals surface area contributed by atoms with Gasteiger partial charge in [-0.05, 0) is 51.8 Å². The second-order valence-corrected chi connectivity index (χ2v) is 6.40. The average molecular weight is 289 g/mol. The van der Waals surface area contributed by atoms with E-state index in [2.05, 4.69) is 53.9 Å². The molecule has 4 aliphatic rings.